The van der Waals surface area contributed by atoms with E-state index in [1.54, 1.807) is 30.8 Å². The highest BCUT2D eigenvalue weighted by Gasteiger charge is 2.19. The third-order valence-electron chi connectivity index (χ3n) is 2.66. The lowest BCUT2D eigenvalue weighted by molar-refractivity contribution is 0.411. The summed E-state index contributed by atoms with van der Waals surface area (Å²) in [6, 6.07) is 1.71. The molecule has 3 N–H and O–H groups in total. The average Bonchev–Trinajstić information content (AvgIpc) is 2.72. The second-order valence-electron chi connectivity index (χ2n) is 3.85. The number of pyridine rings is 1. The number of nitrogens with two attached hydrogens (primary N) is 1. The van der Waals surface area contributed by atoms with Gasteiger partial charge in [-0.25, -0.2) is 5.43 Å². The van der Waals surface area contributed by atoms with Gasteiger partial charge in [-0.2, -0.15) is 0 Å². The first-order valence-corrected chi connectivity index (χ1v) is 6.61. The van der Waals surface area contributed by atoms with E-state index in [9.17, 15) is 0 Å². The van der Waals surface area contributed by atoms with Crippen molar-refractivity contribution < 1.29 is 4.74 Å². The molecule has 0 aliphatic heterocycles. The fourth-order valence-corrected chi connectivity index (χ4v) is 3.06. The molecule has 0 aliphatic rings. The van der Waals surface area contributed by atoms with Crippen molar-refractivity contribution in [3.63, 3.8) is 0 Å². The van der Waals surface area contributed by atoms with Gasteiger partial charge in [0, 0.05) is 11.1 Å². The number of methoxy groups -OCH3 is 1. The third-order valence-corrected chi connectivity index (χ3v) is 4.44. The molecule has 18 heavy (non-hydrogen) atoms. The van der Waals surface area contributed by atoms with Crippen LogP contribution in [0.1, 0.15) is 22.0 Å². The highest BCUT2D eigenvalue weighted by molar-refractivity contribution is 7.10. The molecule has 6 heteroatoms. The Morgan fingerprint density at radius 1 is 1.50 bits per heavy atom. The number of aryl methyl sites for hydroxylation is 1. The standard InChI is InChI=1S/C12H14ClN3OS/c1-7-6-18-12(10(7)13)11(16-14)8-3-9(17-2)5-15-4-8/h3-6,11,16H,14H2,1-2H3. The summed E-state index contributed by atoms with van der Waals surface area (Å²) in [5.74, 6) is 6.33. The third kappa shape index (κ3) is 2.49. The highest BCUT2D eigenvalue weighted by Crippen LogP contribution is 2.35. The van der Waals surface area contributed by atoms with Gasteiger partial charge >= 0.3 is 0 Å². The number of hydrazine groups is 1. The zero-order valence-electron chi connectivity index (χ0n) is 10.1. The number of hydrogen-bond acceptors (Lipinski definition) is 5. The molecule has 0 aromatic carbocycles. The normalized spacial score (nSPS) is 12.4. The minimum atomic E-state index is -0.182. The van der Waals surface area contributed by atoms with E-state index in [1.807, 2.05) is 18.4 Å². The van der Waals surface area contributed by atoms with Gasteiger partial charge < -0.3 is 4.74 Å². The topological polar surface area (TPSA) is 60.2 Å². The first-order chi connectivity index (χ1) is 8.67. The molecule has 96 valence electrons. The first-order valence-electron chi connectivity index (χ1n) is 5.36. The summed E-state index contributed by atoms with van der Waals surface area (Å²) in [7, 11) is 1.61. The lowest BCUT2D eigenvalue weighted by Crippen LogP contribution is -2.28. The van der Waals surface area contributed by atoms with Crippen LogP contribution in [0.2, 0.25) is 5.02 Å². The van der Waals surface area contributed by atoms with Crippen molar-refractivity contribution in [2.24, 2.45) is 5.84 Å². The van der Waals surface area contributed by atoms with Gasteiger partial charge in [0.2, 0.25) is 0 Å². The summed E-state index contributed by atoms with van der Waals surface area (Å²) in [4.78, 5) is 5.11. The molecular weight excluding hydrogens is 270 g/mol. The molecule has 0 saturated heterocycles. The second kappa shape index (κ2) is 5.67. The summed E-state index contributed by atoms with van der Waals surface area (Å²) in [5, 5.41) is 2.75. The van der Waals surface area contributed by atoms with Crippen molar-refractivity contribution in [2.45, 2.75) is 13.0 Å². The van der Waals surface area contributed by atoms with Crippen LogP contribution in [0.15, 0.2) is 23.8 Å². The van der Waals surface area contributed by atoms with Crippen molar-refractivity contribution in [1.29, 1.82) is 0 Å². The molecule has 2 rings (SSSR count). The summed E-state index contributed by atoms with van der Waals surface area (Å²) >= 11 is 7.84. The van der Waals surface area contributed by atoms with Crippen molar-refractivity contribution >= 4 is 22.9 Å². The Morgan fingerprint density at radius 3 is 2.83 bits per heavy atom. The van der Waals surface area contributed by atoms with Crippen LogP contribution in [0, 0.1) is 6.92 Å². The Bertz CT molecular complexity index is 544. The van der Waals surface area contributed by atoms with Gasteiger partial charge in [0.1, 0.15) is 5.75 Å². The number of rotatable bonds is 4. The van der Waals surface area contributed by atoms with E-state index in [4.69, 9.17) is 22.2 Å². The Hall–Kier alpha value is -1.14. The van der Waals surface area contributed by atoms with E-state index in [0.717, 1.165) is 21.0 Å². The monoisotopic (exact) mass is 283 g/mol. The molecule has 1 unspecified atom stereocenters. The van der Waals surface area contributed by atoms with E-state index in [0.29, 0.717) is 5.75 Å². The van der Waals surface area contributed by atoms with Crippen LogP contribution in [0.4, 0.5) is 0 Å². The molecule has 0 saturated carbocycles. The van der Waals surface area contributed by atoms with Crippen molar-refractivity contribution in [3.8, 4) is 5.75 Å². The molecule has 0 radical (unpaired) electrons. The van der Waals surface area contributed by atoms with Gasteiger partial charge in [-0.05, 0) is 29.5 Å². The maximum atomic E-state index is 6.27. The molecule has 2 aromatic rings. The van der Waals surface area contributed by atoms with Crippen molar-refractivity contribution in [1.82, 2.24) is 10.4 Å². The number of thiophene rings is 1. The van der Waals surface area contributed by atoms with Crippen LogP contribution >= 0.6 is 22.9 Å². The lowest BCUT2D eigenvalue weighted by Gasteiger charge is -2.15. The predicted molar refractivity (Wildman–Crippen MR) is 74.0 cm³/mol. The number of ether oxygens (including phenoxy) is 1. The van der Waals surface area contributed by atoms with Gasteiger partial charge in [-0.3, -0.25) is 10.8 Å². The van der Waals surface area contributed by atoms with Gasteiger partial charge in [0.15, 0.2) is 0 Å². The van der Waals surface area contributed by atoms with E-state index in [2.05, 4.69) is 10.4 Å². The van der Waals surface area contributed by atoms with E-state index < -0.39 is 0 Å². The van der Waals surface area contributed by atoms with Gasteiger partial charge in [0.25, 0.3) is 0 Å². The minimum Gasteiger partial charge on any atom is -0.495 e. The lowest BCUT2D eigenvalue weighted by atomic mass is 10.1. The van der Waals surface area contributed by atoms with Crippen LogP contribution in [0.25, 0.3) is 0 Å². The van der Waals surface area contributed by atoms with Crippen LogP contribution in [0.3, 0.4) is 0 Å². The van der Waals surface area contributed by atoms with Gasteiger partial charge in [0.05, 0.1) is 24.4 Å². The minimum absolute atomic E-state index is 0.182. The number of halogens is 1. The first kappa shape index (κ1) is 13.3. The second-order valence-corrected chi connectivity index (χ2v) is 5.14. The van der Waals surface area contributed by atoms with E-state index in [1.165, 1.54) is 0 Å². The molecular formula is C12H14ClN3OS. The SMILES string of the molecule is COc1cncc(C(NN)c2scc(C)c2Cl)c1. The Kier molecular flexibility index (Phi) is 4.19. The Labute approximate surface area is 115 Å². The van der Waals surface area contributed by atoms with Crippen molar-refractivity contribution in [2.75, 3.05) is 7.11 Å². The predicted octanol–water partition coefficient (Wildman–Crippen LogP) is 2.67. The van der Waals surface area contributed by atoms with Crippen molar-refractivity contribution in [3.05, 3.63) is 44.9 Å². The Balaban J connectivity index is 2.41. The van der Waals surface area contributed by atoms with Crippen LogP contribution in [0.5, 0.6) is 5.75 Å². The summed E-state index contributed by atoms with van der Waals surface area (Å²) in [6.07, 6.45) is 3.40. The van der Waals surface area contributed by atoms with Crippen LogP contribution in [-0.4, -0.2) is 12.1 Å². The molecule has 2 heterocycles. The maximum absolute atomic E-state index is 6.27. The zero-order chi connectivity index (χ0) is 13.1. The number of nitrogens with zero attached hydrogens (tertiary/aromatic N) is 1. The molecule has 0 aliphatic carbocycles. The number of nitrogens with one attached hydrogen (secondary N) is 1. The van der Waals surface area contributed by atoms with Gasteiger partial charge in [-0.1, -0.05) is 11.6 Å². The quantitative estimate of drug-likeness (QED) is 0.669. The molecule has 2 aromatic heterocycles. The van der Waals surface area contributed by atoms with Crippen LogP contribution < -0.4 is 16.0 Å². The van der Waals surface area contributed by atoms with Crippen LogP contribution in [-0.2, 0) is 0 Å². The molecule has 0 fully saturated rings. The summed E-state index contributed by atoms with van der Waals surface area (Å²) < 4.78 is 5.16. The zero-order valence-corrected chi connectivity index (χ0v) is 11.7. The average molecular weight is 284 g/mol. The Morgan fingerprint density at radius 2 is 2.28 bits per heavy atom. The highest BCUT2D eigenvalue weighted by atomic mass is 35.5. The molecule has 0 bridgehead atoms. The molecule has 4 nitrogen and oxygen atoms in total. The summed E-state index contributed by atoms with van der Waals surface area (Å²) in [5.41, 5.74) is 4.74. The number of aromatic nitrogens is 1. The molecule has 0 amide bonds. The van der Waals surface area contributed by atoms with Gasteiger partial charge in [-0.15, -0.1) is 11.3 Å². The molecule has 1 atom stereocenters. The fourth-order valence-electron chi connectivity index (χ4n) is 1.67. The molecule has 0 spiro atoms. The maximum Gasteiger partial charge on any atom is 0.137 e. The van der Waals surface area contributed by atoms with E-state index in [-0.39, 0.29) is 6.04 Å². The van der Waals surface area contributed by atoms with E-state index >= 15 is 0 Å². The summed E-state index contributed by atoms with van der Waals surface area (Å²) in [6.45, 7) is 1.97. The fraction of sp³-hybridized carbons (Fsp3) is 0.250. The smallest absolute Gasteiger partial charge is 0.137 e. The number of hydrogen-bond donors (Lipinski definition) is 2. The largest absolute Gasteiger partial charge is 0.495 e.